The SMILES string of the molecule is C[C@H](C(=O)NC1CCCCC1)N(Cc1c(Cl)cccc1Cl)C(=O)CCCOc1ccc(Cl)cc1. The molecule has 0 unspecified atom stereocenters. The molecule has 0 bridgehead atoms. The van der Waals surface area contributed by atoms with Gasteiger partial charge in [-0.2, -0.15) is 0 Å². The van der Waals surface area contributed by atoms with Gasteiger partial charge in [0.05, 0.1) is 6.61 Å². The molecule has 0 radical (unpaired) electrons. The van der Waals surface area contributed by atoms with E-state index in [0.29, 0.717) is 39.4 Å². The topological polar surface area (TPSA) is 58.6 Å². The second-order valence-corrected chi connectivity index (χ2v) is 9.90. The molecule has 1 saturated carbocycles. The lowest BCUT2D eigenvalue weighted by molar-refractivity contribution is -0.141. The summed E-state index contributed by atoms with van der Waals surface area (Å²) in [4.78, 5) is 27.9. The summed E-state index contributed by atoms with van der Waals surface area (Å²) in [5.74, 6) is 0.389. The molecule has 2 aromatic rings. The minimum atomic E-state index is -0.654. The Bertz CT molecular complexity index is 942. The van der Waals surface area contributed by atoms with Crippen LogP contribution >= 0.6 is 34.8 Å². The van der Waals surface area contributed by atoms with Crippen LogP contribution in [0, 0.1) is 0 Å². The summed E-state index contributed by atoms with van der Waals surface area (Å²) in [5.41, 5.74) is 0.633. The lowest BCUT2D eigenvalue weighted by Crippen LogP contribution is -2.50. The van der Waals surface area contributed by atoms with Gasteiger partial charge in [-0.05, 0) is 62.6 Å². The molecule has 8 heteroatoms. The van der Waals surface area contributed by atoms with E-state index in [1.165, 1.54) is 6.42 Å². The standard InChI is InChI=1S/C26H31Cl3N2O3/c1-18(26(33)30-20-7-3-2-4-8-20)31(17-22-23(28)9-5-10-24(22)29)25(32)11-6-16-34-21-14-12-19(27)13-15-21/h5,9-10,12-15,18,20H,2-4,6-8,11,16-17H2,1H3,(H,30,33)/t18-/m1/s1. The summed E-state index contributed by atoms with van der Waals surface area (Å²) >= 11 is 18.6. The van der Waals surface area contributed by atoms with Gasteiger partial charge < -0.3 is 15.0 Å². The van der Waals surface area contributed by atoms with Gasteiger partial charge in [-0.15, -0.1) is 0 Å². The lowest BCUT2D eigenvalue weighted by atomic mass is 9.95. The molecule has 34 heavy (non-hydrogen) atoms. The number of ether oxygens (including phenoxy) is 1. The molecule has 1 fully saturated rings. The minimum Gasteiger partial charge on any atom is -0.494 e. The van der Waals surface area contributed by atoms with E-state index in [0.717, 1.165) is 25.7 Å². The monoisotopic (exact) mass is 524 g/mol. The van der Waals surface area contributed by atoms with Gasteiger partial charge in [-0.1, -0.05) is 60.1 Å². The van der Waals surface area contributed by atoms with Crippen LogP contribution in [-0.2, 0) is 16.1 Å². The molecule has 5 nitrogen and oxygen atoms in total. The molecule has 184 valence electrons. The molecule has 1 N–H and O–H groups in total. The Hall–Kier alpha value is -1.95. The predicted octanol–water partition coefficient (Wildman–Crippen LogP) is 6.67. The van der Waals surface area contributed by atoms with E-state index >= 15 is 0 Å². The van der Waals surface area contributed by atoms with Crippen molar-refractivity contribution in [1.29, 1.82) is 0 Å². The summed E-state index contributed by atoms with van der Waals surface area (Å²) < 4.78 is 5.71. The largest absolute Gasteiger partial charge is 0.494 e. The number of amides is 2. The van der Waals surface area contributed by atoms with E-state index in [9.17, 15) is 9.59 Å². The summed E-state index contributed by atoms with van der Waals surface area (Å²) in [6, 6.07) is 11.8. The maximum atomic E-state index is 13.3. The maximum absolute atomic E-state index is 13.3. The summed E-state index contributed by atoms with van der Waals surface area (Å²) in [7, 11) is 0. The third-order valence-corrected chi connectivity index (χ3v) is 7.09. The Morgan fingerprint density at radius 3 is 2.32 bits per heavy atom. The van der Waals surface area contributed by atoms with Crippen LogP contribution in [0.2, 0.25) is 15.1 Å². The average Bonchev–Trinajstić information content (AvgIpc) is 2.83. The molecule has 1 atom stereocenters. The zero-order chi connectivity index (χ0) is 24.5. The van der Waals surface area contributed by atoms with E-state index in [-0.39, 0.29) is 30.8 Å². The van der Waals surface area contributed by atoms with Crippen LogP contribution in [0.25, 0.3) is 0 Å². The number of hydrogen-bond acceptors (Lipinski definition) is 3. The van der Waals surface area contributed by atoms with Crippen LogP contribution in [0.5, 0.6) is 5.75 Å². The van der Waals surface area contributed by atoms with Crippen molar-refractivity contribution in [3.63, 3.8) is 0 Å². The van der Waals surface area contributed by atoms with Gasteiger partial charge in [0.15, 0.2) is 0 Å². The van der Waals surface area contributed by atoms with Crippen LogP contribution in [0.3, 0.4) is 0 Å². The van der Waals surface area contributed by atoms with Crippen LogP contribution in [0.1, 0.15) is 57.4 Å². The Kier molecular flexibility index (Phi) is 10.4. The number of carbonyl (C=O) groups is 2. The first-order valence-corrected chi connectivity index (χ1v) is 12.9. The Labute approximate surface area is 216 Å². The second-order valence-electron chi connectivity index (χ2n) is 8.65. The van der Waals surface area contributed by atoms with Gasteiger partial charge in [0.1, 0.15) is 11.8 Å². The van der Waals surface area contributed by atoms with E-state index < -0.39 is 6.04 Å². The highest BCUT2D eigenvalue weighted by Crippen LogP contribution is 2.27. The number of halogens is 3. The van der Waals surface area contributed by atoms with Crippen molar-refractivity contribution < 1.29 is 14.3 Å². The molecule has 0 spiro atoms. The van der Waals surface area contributed by atoms with Crippen LogP contribution < -0.4 is 10.1 Å². The van der Waals surface area contributed by atoms with Crippen molar-refractivity contribution in [2.45, 2.75) is 70.5 Å². The third kappa shape index (κ3) is 7.79. The second kappa shape index (κ2) is 13.2. The third-order valence-electron chi connectivity index (χ3n) is 6.13. The fourth-order valence-electron chi connectivity index (χ4n) is 4.09. The summed E-state index contributed by atoms with van der Waals surface area (Å²) in [5, 5.41) is 4.70. The molecule has 0 aromatic heterocycles. The van der Waals surface area contributed by atoms with Crippen molar-refractivity contribution in [3.05, 3.63) is 63.1 Å². The zero-order valence-corrected chi connectivity index (χ0v) is 21.6. The number of hydrogen-bond donors (Lipinski definition) is 1. The van der Waals surface area contributed by atoms with Crippen molar-refractivity contribution >= 4 is 46.6 Å². The number of benzene rings is 2. The molecular formula is C26H31Cl3N2O3. The lowest BCUT2D eigenvalue weighted by Gasteiger charge is -2.31. The fourth-order valence-corrected chi connectivity index (χ4v) is 4.74. The smallest absolute Gasteiger partial charge is 0.242 e. The van der Waals surface area contributed by atoms with E-state index in [1.54, 1.807) is 54.3 Å². The zero-order valence-electron chi connectivity index (χ0n) is 19.4. The van der Waals surface area contributed by atoms with Gasteiger partial charge >= 0.3 is 0 Å². The van der Waals surface area contributed by atoms with Crippen LogP contribution in [0.4, 0.5) is 0 Å². The van der Waals surface area contributed by atoms with Gasteiger partial charge in [0.25, 0.3) is 0 Å². The van der Waals surface area contributed by atoms with Gasteiger partial charge in [0.2, 0.25) is 11.8 Å². The van der Waals surface area contributed by atoms with Crippen molar-refractivity contribution in [2.75, 3.05) is 6.61 Å². The van der Waals surface area contributed by atoms with Gasteiger partial charge in [0, 0.05) is 39.6 Å². The van der Waals surface area contributed by atoms with Crippen molar-refractivity contribution in [1.82, 2.24) is 10.2 Å². The molecule has 2 amide bonds. The van der Waals surface area contributed by atoms with E-state index in [4.69, 9.17) is 39.5 Å². The summed E-state index contributed by atoms with van der Waals surface area (Å²) in [6.07, 6.45) is 6.13. The average molecular weight is 526 g/mol. The molecule has 0 saturated heterocycles. The fraction of sp³-hybridized carbons (Fsp3) is 0.462. The van der Waals surface area contributed by atoms with Crippen LogP contribution in [0.15, 0.2) is 42.5 Å². The van der Waals surface area contributed by atoms with Crippen LogP contribution in [-0.4, -0.2) is 35.4 Å². The Morgan fingerprint density at radius 2 is 1.68 bits per heavy atom. The highest BCUT2D eigenvalue weighted by molar-refractivity contribution is 6.36. The Balaban J connectivity index is 1.64. The Morgan fingerprint density at radius 1 is 1.03 bits per heavy atom. The van der Waals surface area contributed by atoms with E-state index in [1.807, 2.05) is 0 Å². The number of nitrogens with zero attached hydrogens (tertiary/aromatic N) is 1. The van der Waals surface area contributed by atoms with Gasteiger partial charge in [-0.25, -0.2) is 0 Å². The van der Waals surface area contributed by atoms with E-state index in [2.05, 4.69) is 5.32 Å². The number of rotatable bonds is 10. The molecule has 3 rings (SSSR count). The highest BCUT2D eigenvalue weighted by Gasteiger charge is 2.28. The number of nitrogens with one attached hydrogen (secondary N) is 1. The predicted molar refractivity (Wildman–Crippen MR) is 138 cm³/mol. The number of carbonyl (C=O) groups excluding carboxylic acids is 2. The first kappa shape index (κ1) is 26.7. The molecular weight excluding hydrogens is 495 g/mol. The molecule has 1 aliphatic rings. The highest BCUT2D eigenvalue weighted by atomic mass is 35.5. The first-order valence-electron chi connectivity index (χ1n) is 11.8. The maximum Gasteiger partial charge on any atom is 0.242 e. The molecule has 2 aromatic carbocycles. The normalized spacial score (nSPS) is 14.9. The minimum absolute atomic E-state index is 0.151. The van der Waals surface area contributed by atoms with Crippen molar-refractivity contribution in [3.8, 4) is 5.75 Å². The molecule has 1 aliphatic carbocycles. The summed E-state index contributed by atoms with van der Waals surface area (Å²) in [6.45, 7) is 2.29. The molecule has 0 aliphatic heterocycles. The first-order chi connectivity index (χ1) is 16.3. The molecule has 0 heterocycles. The van der Waals surface area contributed by atoms with Gasteiger partial charge in [-0.3, -0.25) is 9.59 Å². The quantitative estimate of drug-likeness (QED) is 0.352. The van der Waals surface area contributed by atoms with Crippen molar-refractivity contribution in [2.24, 2.45) is 0 Å².